The normalized spacial score (nSPS) is 15.6. The number of hydrogen-bond donors (Lipinski definition) is 7. The van der Waals surface area contributed by atoms with Gasteiger partial charge in [0, 0.05) is 26.0 Å². The number of aliphatic hydroxyl groups is 6. The third kappa shape index (κ3) is 7.73. The van der Waals surface area contributed by atoms with E-state index in [1.54, 1.807) is 0 Å². The van der Waals surface area contributed by atoms with Crippen LogP contribution in [0.5, 0.6) is 0 Å². The second-order valence-electron chi connectivity index (χ2n) is 5.52. The maximum atomic E-state index is 10.8. The molecule has 1 rings (SSSR count). The molecule has 0 bridgehead atoms. The third-order valence-corrected chi connectivity index (χ3v) is 3.19. The molecule has 1 heterocycles. The van der Waals surface area contributed by atoms with E-state index in [0.717, 1.165) is 0 Å². The Morgan fingerprint density at radius 1 is 1.21 bits per heavy atom. The molecule has 0 radical (unpaired) electrons. The molecule has 3 unspecified atom stereocenters. The van der Waals surface area contributed by atoms with Crippen molar-refractivity contribution >= 4 is 5.91 Å². The topological polar surface area (TPSA) is 176 Å². The molecule has 1 aromatic rings. The van der Waals surface area contributed by atoms with Gasteiger partial charge in [0.25, 0.3) is 5.97 Å². The number of carbonyl (C=O) groups is 1. The van der Waals surface area contributed by atoms with Crippen LogP contribution in [0.4, 0.5) is 0 Å². The fraction of sp³-hybridized carbons (Fsp3) is 0.643. The van der Waals surface area contributed by atoms with Crippen LogP contribution < -0.4 is 5.32 Å². The van der Waals surface area contributed by atoms with Crippen molar-refractivity contribution in [2.75, 3.05) is 0 Å². The van der Waals surface area contributed by atoms with E-state index < -0.39 is 30.3 Å². The van der Waals surface area contributed by atoms with Crippen LogP contribution in [0.2, 0.25) is 0 Å². The van der Waals surface area contributed by atoms with Gasteiger partial charge in [0.1, 0.15) is 12.2 Å². The summed E-state index contributed by atoms with van der Waals surface area (Å²) in [6, 6.07) is 0. The van der Waals surface area contributed by atoms with E-state index in [4.69, 9.17) is 15.3 Å². The lowest BCUT2D eigenvalue weighted by Crippen LogP contribution is -2.42. The Kier molecular flexibility index (Phi) is 7.60. The predicted molar refractivity (Wildman–Crippen MR) is 79.8 cm³/mol. The van der Waals surface area contributed by atoms with Gasteiger partial charge in [-0.3, -0.25) is 14.8 Å². The minimum atomic E-state index is -2.71. The molecule has 0 aliphatic heterocycles. The lowest BCUT2D eigenvalue weighted by Gasteiger charge is -2.20. The average molecular weight is 345 g/mol. The van der Waals surface area contributed by atoms with Crippen LogP contribution in [0.25, 0.3) is 0 Å². The summed E-state index contributed by atoms with van der Waals surface area (Å²) in [7, 11) is 0. The van der Waals surface area contributed by atoms with E-state index in [0.29, 0.717) is 12.1 Å². The van der Waals surface area contributed by atoms with Gasteiger partial charge in [0.15, 0.2) is 6.23 Å². The molecule has 0 aliphatic carbocycles. The van der Waals surface area contributed by atoms with Crippen molar-refractivity contribution in [3.63, 3.8) is 0 Å². The van der Waals surface area contributed by atoms with Crippen molar-refractivity contribution in [2.45, 2.75) is 57.0 Å². The standard InChI is InChI=1S/C14H23N3O7/c1-8(18)17-13(21)12(20)5-11(19)10-7-15-9(6-16-10)3-2-4-14(22,23)24/h6-7,11-13,19-24H,2-5H2,1H3,(H,17,18). The van der Waals surface area contributed by atoms with Gasteiger partial charge in [0.2, 0.25) is 5.91 Å². The Morgan fingerprint density at radius 3 is 2.38 bits per heavy atom. The number of nitrogens with one attached hydrogen (secondary N) is 1. The quantitative estimate of drug-likeness (QED) is 0.242. The number of nitrogens with zero attached hydrogens (tertiary/aromatic N) is 2. The van der Waals surface area contributed by atoms with Crippen molar-refractivity contribution in [1.29, 1.82) is 0 Å². The molecule has 10 nitrogen and oxygen atoms in total. The number of hydrogen-bond acceptors (Lipinski definition) is 9. The molecule has 0 saturated heterocycles. The van der Waals surface area contributed by atoms with Crippen LogP contribution in [-0.2, 0) is 11.2 Å². The SMILES string of the molecule is CC(=O)NC(O)C(O)CC(O)c1cnc(CCCC(O)(O)O)cn1. The van der Waals surface area contributed by atoms with Crippen LogP contribution in [0.15, 0.2) is 12.4 Å². The highest BCUT2D eigenvalue weighted by Crippen LogP contribution is 2.17. The zero-order valence-electron chi connectivity index (χ0n) is 13.2. The van der Waals surface area contributed by atoms with Gasteiger partial charge >= 0.3 is 0 Å². The molecule has 3 atom stereocenters. The number of rotatable bonds is 9. The summed E-state index contributed by atoms with van der Waals surface area (Å²) in [5, 5.41) is 57.6. The molecule has 7 N–H and O–H groups in total. The molecule has 0 fully saturated rings. The Hall–Kier alpha value is -1.69. The molecular formula is C14H23N3O7. The minimum absolute atomic E-state index is 0.175. The highest BCUT2D eigenvalue weighted by Gasteiger charge is 2.22. The first-order chi connectivity index (χ1) is 11.1. The number of amides is 1. The summed E-state index contributed by atoms with van der Waals surface area (Å²) in [6.07, 6.45) is -1.28. The van der Waals surface area contributed by atoms with E-state index in [9.17, 15) is 20.1 Å². The lowest BCUT2D eigenvalue weighted by molar-refractivity contribution is -0.314. The van der Waals surface area contributed by atoms with E-state index in [1.807, 2.05) is 0 Å². The fourth-order valence-electron chi connectivity index (χ4n) is 1.96. The number of carbonyl (C=O) groups excluding carboxylic acids is 1. The molecule has 1 amide bonds. The lowest BCUT2D eigenvalue weighted by atomic mass is 10.1. The Morgan fingerprint density at radius 2 is 1.88 bits per heavy atom. The van der Waals surface area contributed by atoms with Crippen LogP contribution in [0, 0.1) is 0 Å². The molecular weight excluding hydrogens is 322 g/mol. The van der Waals surface area contributed by atoms with Gasteiger partial charge in [-0.25, -0.2) is 0 Å². The number of aryl methyl sites for hydroxylation is 1. The third-order valence-electron chi connectivity index (χ3n) is 3.19. The first kappa shape index (κ1) is 20.4. The Balaban J connectivity index is 2.51. The largest absolute Gasteiger partial charge is 0.388 e. The van der Waals surface area contributed by atoms with Crippen molar-refractivity contribution in [1.82, 2.24) is 15.3 Å². The van der Waals surface area contributed by atoms with E-state index in [2.05, 4.69) is 15.3 Å². The van der Waals surface area contributed by atoms with Crippen molar-refractivity contribution in [3.8, 4) is 0 Å². The Labute approximate surface area is 138 Å². The molecule has 10 heteroatoms. The number of aromatic nitrogens is 2. The number of aliphatic hydroxyl groups excluding tert-OH is 3. The second-order valence-corrected chi connectivity index (χ2v) is 5.52. The van der Waals surface area contributed by atoms with Gasteiger partial charge in [-0.2, -0.15) is 0 Å². The summed E-state index contributed by atoms with van der Waals surface area (Å²) < 4.78 is 0. The van der Waals surface area contributed by atoms with Crippen LogP contribution >= 0.6 is 0 Å². The van der Waals surface area contributed by atoms with Crippen molar-refractivity contribution < 1.29 is 35.4 Å². The van der Waals surface area contributed by atoms with Gasteiger partial charge in [-0.15, -0.1) is 0 Å². The summed E-state index contributed by atoms with van der Waals surface area (Å²) in [5.41, 5.74) is 0.697. The zero-order chi connectivity index (χ0) is 18.3. The summed E-state index contributed by atoms with van der Waals surface area (Å²) in [6.45, 7) is 1.19. The summed E-state index contributed by atoms with van der Waals surface area (Å²) in [5.74, 6) is -3.23. The summed E-state index contributed by atoms with van der Waals surface area (Å²) in [4.78, 5) is 18.8. The van der Waals surface area contributed by atoms with Gasteiger partial charge < -0.3 is 36.0 Å². The van der Waals surface area contributed by atoms with Crippen LogP contribution in [0.3, 0.4) is 0 Å². The molecule has 24 heavy (non-hydrogen) atoms. The predicted octanol–water partition coefficient (Wildman–Crippen LogP) is -2.33. The molecule has 0 aromatic carbocycles. The molecule has 1 aromatic heterocycles. The maximum Gasteiger partial charge on any atom is 0.275 e. The first-order valence-electron chi connectivity index (χ1n) is 7.37. The highest BCUT2D eigenvalue weighted by atomic mass is 16.7. The van der Waals surface area contributed by atoms with E-state index in [-0.39, 0.29) is 25.0 Å². The van der Waals surface area contributed by atoms with Crippen LogP contribution in [0.1, 0.15) is 43.7 Å². The smallest absolute Gasteiger partial charge is 0.275 e. The minimum Gasteiger partial charge on any atom is -0.388 e. The highest BCUT2D eigenvalue weighted by molar-refractivity contribution is 5.73. The molecule has 136 valence electrons. The van der Waals surface area contributed by atoms with Crippen molar-refractivity contribution in [2.24, 2.45) is 0 Å². The van der Waals surface area contributed by atoms with Gasteiger partial charge in [-0.05, 0) is 12.8 Å². The van der Waals surface area contributed by atoms with Crippen LogP contribution in [-0.4, -0.2) is 64.8 Å². The maximum absolute atomic E-state index is 10.8. The monoisotopic (exact) mass is 345 g/mol. The first-order valence-corrected chi connectivity index (χ1v) is 7.37. The van der Waals surface area contributed by atoms with Gasteiger partial charge in [0.05, 0.1) is 17.6 Å². The molecule has 0 aliphatic rings. The van der Waals surface area contributed by atoms with E-state index >= 15 is 0 Å². The Bertz CT molecular complexity index is 518. The van der Waals surface area contributed by atoms with Gasteiger partial charge in [-0.1, -0.05) is 0 Å². The van der Waals surface area contributed by atoms with E-state index in [1.165, 1.54) is 19.3 Å². The molecule has 0 spiro atoms. The molecule has 0 saturated carbocycles. The zero-order valence-corrected chi connectivity index (χ0v) is 13.2. The second kappa shape index (κ2) is 8.97. The fourth-order valence-corrected chi connectivity index (χ4v) is 1.96. The van der Waals surface area contributed by atoms with Crippen molar-refractivity contribution in [3.05, 3.63) is 23.8 Å². The average Bonchev–Trinajstić information content (AvgIpc) is 2.45. The summed E-state index contributed by atoms with van der Waals surface area (Å²) >= 11 is 0.